The van der Waals surface area contributed by atoms with Crippen LogP contribution in [-0.2, 0) is 14.8 Å². The number of aryl methyl sites for hydroxylation is 1. The molecule has 154 valence electrons. The first-order valence-electron chi connectivity index (χ1n) is 9.06. The summed E-state index contributed by atoms with van der Waals surface area (Å²) in [6.07, 6.45) is 0. The average Bonchev–Trinajstić information content (AvgIpc) is 2.73. The van der Waals surface area contributed by atoms with Gasteiger partial charge < -0.3 is 10.1 Å². The van der Waals surface area contributed by atoms with Crippen molar-refractivity contribution in [2.24, 2.45) is 0 Å². The Morgan fingerprint density at radius 1 is 0.867 bits per heavy atom. The van der Waals surface area contributed by atoms with Crippen LogP contribution in [0.25, 0.3) is 0 Å². The molecule has 0 aliphatic carbocycles. The van der Waals surface area contributed by atoms with E-state index in [1.54, 1.807) is 54.6 Å². The van der Waals surface area contributed by atoms with Gasteiger partial charge in [-0.05, 0) is 43.3 Å². The lowest BCUT2D eigenvalue weighted by Crippen LogP contribution is -2.34. The zero-order valence-electron chi connectivity index (χ0n) is 16.2. The molecule has 0 aliphatic heterocycles. The minimum atomic E-state index is -4.01. The lowest BCUT2D eigenvalue weighted by molar-refractivity contribution is -0.121. The third kappa shape index (κ3) is 5.45. The minimum Gasteiger partial charge on any atom is -0.483 e. The van der Waals surface area contributed by atoms with Gasteiger partial charge in [0, 0.05) is 5.69 Å². The molecule has 7 nitrogen and oxygen atoms in total. The maximum absolute atomic E-state index is 12.5. The smallest absolute Gasteiger partial charge is 0.271 e. The number of para-hydroxylation sites is 2. The molecule has 2 N–H and O–H groups in total. The second-order valence-corrected chi connectivity index (χ2v) is 8.13. The molecule has 0 spiro atoms. The van der Waals surface area contributed by atoms with Gasteiger partial charge in [-0.15, -0.1) is 0 Å². The Morgan fingerprint density at radius 2 is 1.50 bits per heavy atom. The molecule has 0 atom stereocenters. The number of nitrogens with one attached hydrogen (secondary N) is 2. The van der Waals surface area contributed by atoms with Gasteiger partial charge in [-0.1, -0.05) is 48.0 Å². The minimum absolute atomic E-state index is 0.0240. The predicted octanol–water partition coefficient (Wildman–Crippen LogP) is 3.13. The summed E-state index contributed by atoms with van der Waals surface area (Å²) in [5.74, 6) is -1.10. The van der Waals surface area contributed by atoms with E-state index in [-0.39, 0.29) is 16.2 Å². The van der Waals surface area contributed by atoms with Crippen LogP contribution in [0.1, 0.15) is 15.9 Å². The van der Waals surface area contributed by atoms with Crippen LogP contribution in [0.5, 0.6) is 5.75 Å². The molecule has 0 saturated heterocycles. The van der Waals surface area contributed by atoms with E-state index in [9.17, 15) is 18.0 Å². The maximum atomic E-state index is 12.5. The SMILES string of the molecule is Cc1ccc(S(=O)(=O)NC(=O)COc2ccccc2C(=O)Nc2ccccc2)cc1. The fourth-order valence-electron chi connectivity index (χ4n) is 2.60. The van der Waals surface area contributed by atoms with Crippen molar-refractivity contribution in [2.75, 3.05) is 11.9 Å². The Morgan fingerprint density at radius 3 is 2.20 bits per heavy atom. The molecule has 30 heavy (non-hydrogen) atoms. The maximum Gasteiger partial charge on any atom is 0.271 e. The molecule has 2 amide bonds. The van der Waals surface area contributed by atoms with Crippen LogP contribution in [-0.4, -0.2) is 26.8 Å². The summed E-state index contributed by atoms with van der Waals surface area (Å²) in [5, 5.41) is 2.74. The molecule has 0 radical (unpaired) electrons. The van der Waals surface area contributed by atoms with E-state index in [4.69, 9.17) is 4.74 Å². The molecule has 0 fully saturated rings. The van der Waals surface area contributed by atoms with E-state index in [1.807, 2.05) is 17.7 Å². The highest BCUT2D eigenvalue weighted by Crippen LogP contribution is 2.20. The molecular weight excluding hydrogens is 404 g/mol. The summed E-state index contributed by atoms with van der Waals surface area (Å²) < 4.78 is 32.0. The number of hydrogen-bond donors (Lipinski definition) is 2. The van der Waals surface area contributed by atoms with Crippen LogP contribution in [0.15, 0.2) is 83.8 Å². The number of ether oxygens (including phenoxy) is 1. The molecule has 0 aliphatic rings. The molecular formula is C22H20N2O5S. The zero-order chi connectivity index (χ0) is 21.6. The topological polar surface area (TPSA) is 102 Å². The Labute approximate surface area is 174 Å². The Balaban J connectivity index is 1.65. The third-order valence-corrected chi connectivity index (χ3v) is 5.49. The van der Waals surface area contributed by atoms with Crippen LogP contribution < -0.4 is 14.8 Å². The molecule has 3 aromatic carbocycles. The first-order chi connectivity index (χ1) is 14.3. The number of rotatable bonds is 7. The van der Waals surface area contributed by atoms with Crippen LogP contribution in [0.3, 0.4) is 0 Å². The number of carbonyl (C=O) groups is 2. The number of anilines is 1. The van der Waals surface area contributed by atoms with E-state index in [2.05, 4.69) is 5.32 Å². The fraction of sp³-hybridized carbons (Fsp3) is 0.0909. The van der Waals surface area contributed by atoms with Crippen molar-refractivity contribution in [3.63, 3.8) is 0 Å². The van der Waals surface area contributed by atoms with Gasteiger partial charge >= 0.3 is 0 Å². The summed E-state index contributed by atoms with van der Waals surface area (Å²) in [6, 6.07) is 21.4. The summed E-state index contributed by atoms with van der Waals surface area (Å²) in [7, 11) is -4.01. The Kier molecular flexibility index (Phi) is 6.48. The number of benzene rings is 3. The standard InChI is InChI=1S/C22H20N2O5S/c1-16-11-13-18(14-12-16)30(27,28)24-21(25)15-29-20-10-6-5-9-19(20)22(26)23-17-7-3-2-4-8-17/h2-14H,15H2,1H3,(H,23,26)(H,24,25). The monoisotopic (exact) mass is 424 g/mol. The lowest BCUT2D eigenvalue weighted by Gasteiger charge is -2.12. The van der Waals surface area contributed by atoms with Crippen LogP contribution in [0, 0.1) is 6.92 Å². The number of amides is 2. The molecule has 3 aromatic rings. The van der Waals surface area contributed by atoms with E-state index >= 15 is 0 Å². The Hall–Kier alpha value is -3.65. The largest absolute Gasteiger partial charge is 0.483 e. The summed E-state index contributed by atoms with van der Waals surface area (Å²) in [4.78, 5) is 24.6. The van der Waals surface area contributed by atoms with Gasteiger partial charge in [-0.2, -0.15) is 0 Å². The van der Waals surface area contributed by atoms with E-state index in [0.717, 1.165) is 5.56 Å². The highest BCUT2D eigenvalue weighted by Gasteiger charge is 2.19. The molecule has 0 aromatic heterocycles. The summed E-state index contributed by atoms with van der Waals surface area (Å²) in [5.41, 5.74) is 1.73. The van der Waals surface area contributed by atoms with Crippen molar-refractivity contribution >= 4 is 27.5 Å². The van der Waals surface area contributed by atoms with E-state index in [0.29, 0.717) is 5.69 Å². The normalized spacial score (nSPS) is 10.8. The number of hydrogen-bond acceptors (Lipinski definition) is 5. The highest BCUT2D eigenvalue weighted by molar-refractivity contribution is 7.90. The van der Waals surface area contributed by atoms with Crippen molar-refractivity contribution in [1.82, 2.24) is 4.72 Å². The van der Waals surface area contributed by atoms with Crippen LogP contribution in [0.2, 0.25) is 0 Å². The zero-order valence-corrected chi connectivity index (χ0v) is 17.0. The molecule has 0 unspecified atom stereocenters. The van der Waals surface area contributed by atoms with Gasteiger partial charge in [0.1, 0.15) is 5.75 Å². The number of carbonyl (C=O) groups excluding carboxylic acids is 2. The summed E-state index contributed by atoms with van der Waals surface area (Å²) >= 11 is 0. The fourth-order valence-corrected chi connectivity index (χ4v) is 3.57. The second kappa shape index (κ2) is 9.23. The van der Waals surface area contributed by atoms with E-state index in [1.165, 1.54) is 18.2 Å². The van der Waals surface area contributed by atoms with Crippen LogP contribution in [0.4, 0.5) is 5.69 Å². The third-order valence-electron chi connectivity index (χ3n) is 4.10. The second-order valence-electron chi connectivity index (χ2n) is 6.45. The van der Waals surface area contributed by atoms with E-state index < -0.39 is 28.4 Å². The van der Waals surface area contributed by atoms with Crippen molar-refractivity contribution < 1.29 is 22.7 Å². The molecule has 0 bridgehead atoms. The predicted molar refractivity (Wildman–Crippen MR) is 113 cm³/mol. The molecule has 3 rings (SSSR count). The van der Waals surface area contributed by atoms with Gasteiger partial charge in [0.05, 0.1) is 10.5 Å². The van der Waals surface area contributed by atoms with Crippen molar-refractivity contribution in [3.05, 3.63) is 90.0 Å². The molecule has 0 saturated carbocycles. The van der Waals surface area contributed by atoms with Gasteiger partial charge in [-0.3, -0.25) is 9.59 Å². The van der Waals surface area contributed by atoms with Gasteiger partial charge in [-0.25, -0.2) is 13.1 Å². The molecule has 8 heteroatoms. The molecule has 0 heterocycles. The first kappa shape index (κ1) is 21.1. The summed E-state index contributed by atoms with van der Waals surface area (Å²) in [6.45, 7) is 1.26. The van der Waals surface area contributed by atoms with Gasteiger partial charge in [0.15, 0.2) is 6.61 Å². The van der Waals surface area contributed by atoms with Crippen molar-refractivity contribution in [3.8, 4) is 5.75 Å². The van der Waals surface area contributed by atoms with Crippen molar-refractivity contribution in [2.45, 2.75) is 11.8 Å². The van der Waals surface area contributed by atoms with Crippen molar-refractivity contribution in [1.29, 1.82) is 0 Å². The first-order valence-corrected chi connectivity index (χ1v) is 10.5. The lowest BCUT2D eigenvalue weighted by atomic mass is 10.2. The van der Waals surface area contributed by atoms with Gasteiger partial charge in [0.2, 0.25) is 0 Å². The quantitative estimate of drug-likeness (QED) is 0.607. The van der Waals surface area contributed by atoms with Crippen LogP contribution >= 0.6 is 0 Å². The Bertz CT molecular complexity index is 1140. The average molecular weight is 424 g/mol. The van der Waals surface area contributed by atoms with Gasteiger partial charge in [0.25, 0.3) is 21.8 Å². The highest BCUT2D eigenvalue weighted by atomic mass is 32.2. The number of sulfonamides is 1.